The van der Waals surface area contributed by atoms with E-state index in [4.69, 9.17) is 4.42 Å². The minimum absolute atomic E-state index is 0.195. The molecule has 1 N–H and O–H groups in total. The number of carbonyl (C=O) groups excluding carboxylic acids is 1. The molecule has 2 aliphatic rings. The fraction of sp³-hybridized carbons (Fsp3) is 0.458. The monoisotopic (exact) mass is 376 g/mol. The van der Waals surface area contributed by atoms with Gasteiger partial charge in [0.05, 0.1) is 12.3 Å². The first kappa shape index (κ1) is 17.6. The van der Waals surface area contributed by atoms with Crippen molar-refractivity contribution in [3.8, 4) is 0 Å². The van der Waals surface area contributed by atoms with Gasteiger partial charge in [0.25, 0.3) is 0 Å². The van der Waals surface area contributed by atoms with Crippen molar-refractivity contribution in [2.24, 2.45) is 5.92 Å². The Kier molecular flexibility index (Phi) is 4.71. The summed E-state index contributed by atoms with van der Waals surface area (Å²) < 4.78 is 5.43. The van der Waals surface area contributed by atoms with Crippen molar-refractivity contribution in [3.05, 3.63) is 59.7 Å². The number of nitrogens with zero attached hydrogens (tertiary/aromatic N) is 1. The molecule has 3 heterocycles. The van der Waals surface area contributed by atoms with E-state index in [-0.39, 0.29) is 11.9 Å². The van der Waals surface area contributed by atoms with Crippen molar-refractivity contribution in [1.29, 1.82) is 0 Å². The Morgan fingerprint density at radius 3 is 2.79 bits per heavy atom. The molecule has 1 saturated carbocycles. The quantitative estimate of drug-likeness (QED) is 0.663. The molecular formula is C24H28N2O2. The van der Waals surface area contributed by atoms with Crippen LogP contribution in [0.3, 0.4) is 0 Å². The van der Waals surface area contributed by atoms with E-state index in [1.807, 2.05) is 12.1 Å². The van der Waals surface area contributed by atoms with E-state index >= 15 is 0 Å². The van der Waals surface area contributed by atoms with Gasteiger partial charge in [-0.1, -0.05) is 37.5 Å². The van der Waals surface area contributed by atoms with Crippen LogP contribution in [0.25, 0.3) is 10.9 Å². The Morgan fingerprint density at radius 2 is 1.96 bits per heavy atom. The van der Waals surface area contributed by atoms with E-state index in [1.54, 1.807) is 6.26 Å². The summed E-state index contributed by atoms with van der Waals surface area (Å²) in [5.74, 6) is 1.72. The van der Waals surface area contributed by atoms with Gasteiger partial charge in [-0.05, 0) is 48.9 Å². The molecule has 1 aliphatic heterocycles. The van der Waals surface area contributed by atoms with Crippen LogP contribution in [0.4, 0.5) is 0 Å². The number of amides is 1. The minimum Gasteiger partial charge on any atom is -0.469 e. The number of fused-ring (bicyclic) bond motifs is 3. The Morgan fingerprint density at radius 1 is 1.11 bits per heavy atom. The molecule has 0 spiro atoms. The molecule has 1 unspecified atom stereocenters. The number of furan rings is 1. The van der Waals surface area contributed by atoms with Gasteiger partial charge < -0.3 is 14.3 Å². The van der Waals surface area contributed by atoms with Gasteiger partial charge in [0, 0.05) is 36.0 Å². The Balaban J connectivity index is 1.46. The summed E-state index contributed by atoms with van der Waals surface area (Å²) in [6.07, 6.45) is 10.2. The van der Waals surface area contributed by atoms with Crippen molar-refractivity contribution in [2.75, 3.05) is 6.54 Å². The molecule has 1 atom stereocenters. The predicted molar refractivity (Wildman–Crippen MR) is 110 cm³/mol. The van der Waals surface area contributed by atoms with Gasteiger partial charge in [-0.2, -0.15) is 0 Å². The van der Waals surface area contributed by atoms with Crippen LogP contribution in [-0.2, 0) is 17.6 Å². The number of aryl methyl sites for hydroxylation is 1. The van der Waals surface area contributed by atoms with E-state index in [0.717, 1.165) is 18.7 Å². The van der Waals surface area contributed by atoms with E-state index in [0.29, 0.717) is 18.8 Å². The third kappa shape index (κ3) is 3.15. The van der Waals surface area contributed by atoms with Crippen molar-refractivity contribution in [3.63, 3.8) is 0 Å². The van der Waals surface area contributed by atoms with Crippen LogP contribution in [0.5, 0.6) is 0 Å². The molecule has 0 radical (unpaired) electrons. The van der Waals surface area contributed by atoms with E-state index < -0.39 is 0 Å². The fourth-order valence-electron chi connectivity index (χ4n) is 5.32. The Hall–Kier alpha value is -2.49. The summed E-state index contributed by atoms with van der Waals surface area (Å²) in [4.78, 5) is 19.1. The molecular weight excluding hydrogens is 348 g/mol. The second-order valence-corrected chi connectivity index (χ2v) is 8.32. The number of aromatic amines is 1. The van der Waals surface area contributed by atoms with Crippen LogP contribution in [0.2, 0.25) is 0 Å². The number of nitrogens with one attached hydrogen (secondary N) is 1. The number of aromatic nitrogens is 1. The summed E-state index contributed by atoms with van der Waals surface area (Å²) in [6.45, 7) is 0.826. The summed E-state index contributed by atoms with van der Waals surface area (Å²) in [6, 6.07) is 12.6. The second kappa shape index (κ2) is 7.50. The molecule has 4 nitrogen and oxygen atoms in total. The van der Waals surface area contributed by atoms with Crippen LogP contribution in [0.1, 0.15) is 61.6 Å². The average molecular weight is 377 g/mol. The molecule has 1 aromatic carbocycles. The van der Waals surface area contributed by atoms with E-state index in [9.17, 15) is 4.79 Å². The first-order valence-electron chi connectivity index (χ1n) is 10.7. The summed E-state index contributed by atoms with van der Waals surface area (Å²) in [5, 5.41) is 1.33. The lowest BCUT2D eigenvalue weighted by Gasteiger charge is -2.42. The zero-order valence-electron chi connectivity index (χ0n) is 16.3. The number of rotatable bonds is 4. The highest BCUT2D eigenvalue weighted by molar-refractivity contribution is 5.86. The number of hydrogen-bond donors (Lipinski definition) is 1. The maximum Gasteiger partial charge on any atom is 0.223 e. The molecule has 3 aromatic rings. The van der Waals surface area contributed by atoms with Crippen molar-refractivity contribution < 1.29 is 9.21 Å². The van der Waals surface area contributed by atoms with Gasteiger partial charge in [0.1, 0.15) is 5.76 Å². The standard InChI is InChI=1S/C24H28N2O2/c27-22(13-12-18-9-6-16-28-18)26-15-14-20-19-10-4-5-11-21(19)25-23(20)24(26)17-7-2-1-3-8-17/h4-6,9-11,16-17,24-25H,1-3,7-8,12-15H2. The summed E-state index contributed by atoms with van der Waals surface area (Å²) in [7, 11) is 0. The lowest BCUT2D eigenvalue weighted by atomic mass is 9.79. The summed E-state index contributed by atoms with van der Waals surface area (Å²) >= 11 is 0. The molecule has 0 saturated heterocycles. The number of hydrogen-bond acceptors (Lipinski definition) is 2. The predicted octanol–water partition coefficient (Wildman–Crippen LogP) is 5.40. The molecule has 0 bridgehead atoms. The minimum atomic E-state index is 0.195. The first-order chi connectivity index (χ1) is 13.8. The van der Waals surface area contributed by atoms with Crippen LogP contribution < -0.4 is 0 Å². The second-order valence-electron chi connectivity index (χ2n) is 8.32. The molecule has 5 rings (SSSR count). The number of benzene rings is 1. The van der Waals surface area contributed by atoms with Gasteiger partial charge in [-0.15, -0.1) is 0 Å². The third-order valence-electron chi connectivity index (χ3n) is 6.66. The Bertz CT molecular complexity index is 950. The van der Waals surface area contributed by atoms with Crippen molar-refractivity contribution in [2.45, 2.75) is 57.4 Å². The largest absolute Gasteiger partial charge is 0.469 e. The zero-order valence-corrected chi connectivity index (χ0v) is 16.3. The van der Waals surface area contributed by atoms with E-state index in [1.165, 1.54) is 54.3 Å². The fourth-order valence-corrected chi connectivity index (χ4v) is 5.32. The van der Waals surface area contributed by atoms with Gasteiger partial charge in [0.2, 0.25) is 5.91 Å². The molecule has 1 amide bonds. The van der Waals surface area contributed by atoms with Crippen molar-refractivity contribution in [1.82, 2.24) is 9.88 Å². The van der Waals surface area contributed by atoms with Crippen LogP contribution in [-0.4, -0.2) is 22.3 Å². The molecule has 146 valence electrons. The lowest BCUT2D eigenvalue weighted by Crippen LogP contribution is -2.43. The first-order valence-corrected chi connectivity index (χ1v) is 10.7. The van der Waals surface area contributed by atoms with E-state index in [2.05, 4.69) is 34.1 Å². The number of para-hydroxylation sites is 1. The molecule has 28 heavy (non-hydrogen) atoms. The zero-order chi connectivity index (χ0) is 18.9. The molecule has 1 fully saturated rings. The maximum atomic E-state index is 13.2. The molecule has 4 heteroatoms. The Labute approximate surface area is 165 Å². The van der Waals surface area contributed by atoms with Crippen LogP contribution in [0, 0.1) is 5.92 Å². The maximum absolute atomic E-state index is 13.2. The SMILES string of the molecule is O=C(CCc1ccco1)N1CCc2c([nH]c3ccccc23)C1C1CCCCC1. The highest BCUT2D eigenvalue weighted by Gasteiger charge is 2.38. The van der Waals surface area contributed by atoms with Crippen LogP contribution >= 0.6 is 0 Å². The third-order valence-corrected chi connectivity index (χ3v) is 6.66. The highest BCUT2D eigenvalue weighted by atomic mass is 16.3. The van der Waals surface area contributed by atoms with Gasteiger partial charge >= 0.3 is 0 Å². The smallest absolute Gasteiger partial charge is 0.223 e. The molecule has 2 aromatic heterocycles. The highest BCUT2D eigenvalue weighted by Crippen LogP contribution is 2.43. The normalized spacial score (nSPS) is 20.4. The van der Waals surface area contributed by atoms with Gasteiger partial charge in [0.15, 0.2) is 0 Å². The lowest BCUT2D eigenvalue weighted by molar-refractivity contribution is -0.136. The van der Waals surface area contributed by atoms with Gasteiger partial charge in [-0.3, -0.25) is 4.79 Å². The summed E-state index contributed by atoms with van der Waals surface area (Å²) in [5.41, 5.74) is 3.94. The molecule has 1 aliphatic carbocycles. The van der Waals surface area contributed by atoms with Crippen molar-refractivity contribution >= 4 is 16.8 Å². The number of H-pyrrole nitrogens is 1. The number of carbonyl (C=O) groups is 1. The topological polar surface area (TPSA) is 49.2 Å². The van der Waals surface area contributed by atoms with Crippen LogP contribution in [0.15, 0.2) is 47.1 Å². The average Bonchev–Trinajstić information content (AvgIpc) is 3.39. The van der Waals surface area contributed by atoms with Gasteiger partial charge in [-0.25, -0.2) is 0 Å².